The van der Waals surface area contributed by atoms with Crippen LogP contribution in [0.5, 0.6) is 5.75 Å². The monoisotopic (exact) mass is 545 g/mol. The Morgan fingerprint density at radius 2 is 1.86 bits per heavy atom. The first kappa shape index (κ1) is 24.8. The lowest BCUT2D eigenvalue weighted by Crippen LogP contribution is -2.22. The highest BCUT2D eigenvalue weighted by Gasteiger charge is 2.17. The van der Waals surface area contributed by atoms with E-state index in [4.69, 9.17) is 23.2 Å². The minimum absolute atomic E-state index is 0.0297. The fraction of sp³-hybridized carbons (Fsp3) is 0.0870. The lowest BCUT2D eigenvalue weighted by Gasteiger charge is -2.04. The van der Waals surface area contributed by atoms with Gasteiger partial charge >= 0.3 is 0 Å². The summed E-state index contributed by atoms with van der Waals surface area (Å²) in [6, 6.07) is 11.7. The molecule has 178 valence electrons. The molecule has 3 heterocycles. The second-order valence-corrected chi connectivity index (χ2v) is 9.93. The zero-order valence-electron chi connectivity index (χ0n) is 18.1. The van der Waals surface area contributed by atoms with E-state index in [2.05, 4.69) is 26.0 Å². The zero-order chi connectivity index (χ0) is 24.9. The van der Waals surface area contributed by atoms with Gasteiger partial charge in [0.05, 0.1) is 48.2 Å². The van der Waals surface area contributed by atoms with Gasteiger partial charge in [-0.15, -0.1) is 22.7 Å². The number of carbonyl (C=O) groups excluding carboxylic acids is 2. The Morgan fingerprint density at radius 3 is 2.57 bits per heavy atom. The standard InChI is InChI=1S/C23H17Cl2N5O3S2/c1-12(15-11-34-21(20(15)31)13-4-5-16(24)17(25)9-13)28-30-23(33)19-7-6-18(35-19)22(32)26-10-14-3-2-8-27-29-14/h2-9,11,31H,10H2,1H3,(H,26,32)(H,30,33)/b28-12+. The van der Waals surface area contributed by atoms with Crippen LogP contribution in [0.15, 0.2) is 59.1 Å². The number of rotatable bonds is 7. The van der Waals surface area contributed by atoms with Crippen molar-refractivity contribution >= 4 is 63.4 Å². The minimum atomic E-state index is -0.471. The van der Waals surface area contributed by atoms with Crippen LogP contribution < -0.4 is 10.7 Å². The van der Waals surface area contributed by atoms with Crippen molar-refractivity contribution in [1.82, 2.24) is 20.9 Å². The number of aromatic hydroxyl groups is 1. The summed E-state index contributed by atoms with van der Waals surface area (Å²) in [7, 11) is 0. The Balaban J connectivity index is 1.40. The van der Waals surface area contributed by atoms with Gasteiger partial charge in [-0.05, 0) is 48.9 Å². The molecule has 2 amide bonds. The van der Waals surface area contributed by atoms with Crippen molar-refractivity contribution in [1.29, 1.82) is 0 Å². The number of nitrogens with one attached hydrogen (secondary N) is 2. The molecule has 0 radical (unpaired) electrons. The number of hydrogen-bond donors (Lipinski definition) is 3. The van der Waals surface area contributed by atoms with Crippen LogP contribution in [0, 0.1) is 0 Å². The van der Waals surface area contributed by atoms with Crippen molar-refractivity contribution in [3.8, 4) is 16.2 Å². The van der Waals surface area contributed by atoms with Crippen LogP contribution in [-0.4, -0.2) is 32.8 Å². The number of halogens is 2. The van der Waals surface area contributed by atoms with Gasteiger partial charge < -0.3 is 10.4 Å². The minimum Gasteiger partial charge on any atom is -0.506 e. The highest BCUT2D eigenvalue weighted by Crippen LogP contribution is 2.40. The molecule has 0 unspecified atom stereocenters. The summed E-state index contributed by atoms with van der Waals surface area (Å²) < 4.78 is 0. The normalized spacial score (nSPS) is 11.3. The van der Waals surface area contributed by atoms with Crippen molar-refractivity contribution < 1.29 is 14.7 Å². The fourth-order valence-electron chi connectivity index (χ4n) is 2.97. The molecule has 0 saturated heterocycles. The van der Waals surface area contributed by atoms with E-state index in [0.717, 1.165) is 11.3 Å². The molecule has 0 aliphatic carbocycles. The summed E-state index contributed by atoms with van der Waals surface area (Å²) in [6.07, 6.45) is 1.55. The Morgan fingerprint density at radius 1 is 1.09 bits per heavy atom. The molecular formula is C23H17Cl2N5O3S2. The molecule has 12 heteroatoms. The number of amides is 2. The van der Waals surface area contributed by atoms with Gasteiger partial charge in [0, 0.05) is 11.6 Å². The van der Waals surface area contributed by atoms with Gasteiger partial charge in [-0.3, -0.25) is 9.59 Å². The maximum atomic E-state index is 12.5. The van der Waals surface area contributed by atoms with Crippen molar-refractivity contribution in [2.24, 2.45) is 5.10 Å². The topological polar surface area (TPSA) is 117 Å². The van der Waals surface area contributed by atoms with Crippen LogP contribution >= 0.6 is 45.9 Å². The van der Waals surface area contributed by atoms with E-state index in [9.17, 15) is 14.7 Å². The third-order valence-electron chi connectivity index (χ3n) is 4.77. The van der Waals surface area contributed by atoms with Crippen molar-refractivity contribution in [3.05, 3.63) is 85.1 Å². The summed E-state index contributed by atoms with van der Waals surface area (Å²) in [6.45, 7) is 1.89. The molecule has 0 aliphatic heterocycles. The van der Waals surface area contributed by atoms with E-state index in [1.807, 2.05) is 0 Å². The fourth-order valence-corrected chi connectivity index (χ4v) is 5.08. The molecule has 3 aromatic heterocycles. The Bertz CT molecular complexity index is 1420. The van der Waals surface area contributed by atoms with E-state index in [1.165, 1.54) is 11.3 Å². The molecule has 4 aromatic rings. The Hall–Kier alpha value is -3.31. The number of benzene rings is 1. The van der Waals surface area contributed by atoms with Gasteiger partial charge in [-0.1, -0.05) is 29.3 Å². The SMILES string of the molecule is C/C(=N\NC(=O)c1ccc(C(=O)NCc2cccnn2)s1)c1csc(-c2ccc(Cl)c(Cl)c2)c1O. The van der Waals surface area contributed by atoms with Gasteiger partial charge in [0.15, 0.2) is 0 Å². The molecule has 0 fully saturated rings. The highest BCUT2D eigenvalue weighted by molar-refractivity contribution is 7.16. The summed E-state index contributed by atoms with van der Waals surface area (Å²) in [5, 5.41) is 27.7. The molecule has 8 nitrogen and oxygen atoms in total. The largest absolute Gasteiger partial charge is 0.506 e. The number of hydrazone groups is 1. The second-order valence-electron chi connectivity index (χ2n) is 7.16. The number of aromatic nitrogens is 2. The predicted octanol–water partition coefficient (Wildman–Crippen LogP) is 5.36. The van der Waals surface area contributed by atoms with Gasteiger partial charge in [0.1, 0.15) is 5.75 Å². The molecule has 3 N–H and O–H groups in total. The van der Waals surface area contributed by atoms with Crippen LogP contribution in [0.4, 0.5) is 0 Å². The number of hydrogen-bond acceptors (Lipinski definition) is 8. The summed E-state index contributed by atoms with van der Waals surface area (Å²) in [4.78, 5) is 26.2. The predicted molar refractivity (Wildman–Crippen MR) is 139 cm³/mol. The van der Waals surface area contributed by atoms with Gasteiger partial charge in [0.25, 0.3) is 11.8 Å². The molecule has 0 spiro atoms. The quantitative estimate of drug-likeness (QED) is 0.213. The van der Waals surface area contributed by atoms with Crippen LogP contribution in [0.25, 0.3) is 10.4 Å². The van der Waals surface area contributed by atoms with E-state index in [0.29, 0.717) is 47.2 Å². The Labute approximate surface area is 218 Å². The molecule has 0 saturated carbocycles. The summed E-state index contributed by atoms with van der Waals surface area (Å²) in [5.41, 5.74) is 4.70. The third-order valence-corrected chi connectivity index (χ3v) is 7.61. The highest BCUT2D eigenvalue weighted by atomic mass is 35.5. The number of nitrogens with zero attached hydrogens (tertiary/aromatic N) is 3. The lowest BCUT2D eigenvalue weighted by molar-refractivity contribution is 0.0949. The first-order valence-electron chi connectivity index (χ1n) is 10.1. The molecule has 1 aromatic carbocycles. The van der Waals surface area contributed by atoms with Gasteiger partial charge in [-0.2, -0.15) is 15.3 Å². The average molecular weight is 546 g/mol. The smallest absolute Gasteiger partial charge is 0.281 e. The maximum absolute atomic E-state index is 12.5. The van der Waals surface area contributed by atoms with Crippen molar-refractivity contribution in [2.45, 2.75) is 13.5 Å². The molecule has 35 heavy (non-hydrogen) atoms. The number of thiophene rings is 2. The van der Waals surface area contributed by atoms with Crippen molar-refractivity contribution in [3.63, 3.8) is 0 Å². The Kier molecular flexibility index (Phi) is 7.76. The van der Waals surface area contributed by atoms with E-state index in [-0.39, 0.29) is 18.2 Å². The van der Waals surface area contributed by atoms with E-state index >= 15 is 0 Å². The molecule has 0 atom stereocenters. The van der Waals surface area contributed by atoms with Crippen LogP contribution in [-0.2, 0) is 6.54 Å². The zero-order valence-corrected chi connectivity index (χ0v) is 21.2. The van der Waals surface area contributed by atoms with Crippen molar-refractivity contribution in [2.75, 3.05) is 0 Å². The van der Waals surface area contributed by atoms with E-state index < -0.39 is 5.91 Å². The van der Waals surface area contributed by atoms with E-state index in [1.54, 1.807) is 61.0 Å². The first-order chi connectivity index (χ1) is 16.8. The van der Waals surface area contributed by atoms with Crippen LogP contribution in [0.2, 0.25) is 10.0 Å². The van der Waals surface area contributed by atoms with Gasteiger partial charge in [0.2, 0.25) is 0 Å². The summed E-state index contributed by atoms with van der Waals surface area (Å²) >= 11 is 14.4. The number of carbonyl (C=O) groups is 2. The molecular weight excluding hydrogens is 529 g/mol. The first-order valence-corrected chi connectivity index (χ1v) is 12.5. The summed E-state index contributed by atoms with van der Waals surface area (Å²) in [5.74, 6) is -0.763. The molecule has 0 bridgehead atoms. The molecule has 4 rings (SSSR count). The molecule has 0 aliphatic rings. The van der Waals surface area contributed by atoms with Gasteiger partial charge in [-0.25, -0.2) is 5.43 Å². The third kappa shape index (κ3) is 5.85. The maximum Gasteiger partial charge on any atom is 0.281 e. The average Bonchev–Trinajstić information content (AvgIpc) is 3.51. The van der Waals surface area contributed by atoms with Crippen LogP contribution in [0.3, 0.4) is 0 Å². The second kappa shape index (κ2) is 11.0. The van der Waals surface area contributed by atoms with Crippen LogP contribution in [0.1, 0.15) is 37.5 Å². The lowest BCUT2D eigenvalue weighted by atomic mass is 10.1.